The second-order valence-corrected chi connectivity index (χ2v) is 6.51. The first-order valence-electron chi connectivity index (χ1n) is 10.0. The van der Waals surface area contributed by atoms with Crippen molar-refractivity contribution in [3.8, 4) is 11.5 Å². The van der Waals surface area contributed by atoms with Gasteiger partial charge in [0.15, 0.2) is 0 Å². The van der Waals surface area contributed by atoms with Gasteiger partial charge in [0, 0.05) is 31.3 Å². The Morgan fingerprint density at radius 1 is 1.07 bits per heavy atom. The summed E-state index contributed by atoms with van der Waals surface area (Å²) in [5.74, 6) is 1.12. The minimum absolute atomic E-state index is 0.226. The molecule has 2 aromatic carbocycles. The fourth-order valence-corrected chi connectivity index (χ4v) is 3.15. The van der Waals surface area contributed by atoms with Gasteiger partial charge in [0.1, 0.15) is 11.5 Å². The van der Waals surface area contributed by atoms with Gasteiger partial charge in [0.25, 0.3) is 0 Å². The number of amides is 1. The van der Waals surface area contributed by atoms with Crippen LogP contribution >= 0.6 is 0 Å². The lowest BCUT2D eigenvalue weighted by Crippen LogP contribution is -2.36. The van der Waals surface area contributed by atoms with Crippen LogP contribution in [0.25, 0.3) is 6.08 Å². The number of benzene rings is 2. The molecule has 0 radical (unpaired) electrons. The lowest BCUT2D eigenvalue weighted by molar-refractivity contribution is -0.111. The molecule has 1 heterocycles. The third kappa shape index (κ3) is 5.74. The summed E-state index contributed by atoms with van der Waals surface area (Å²) in [4.78, 5) is 14.7. The summed E-state index contributed by atoms with van der Waals surface area (Å²) in [7, 11) is 0. The maximum Gasteiger partial charge on any atom is 0.248 e. The molecule has 0 aliphatic carbocycles. The van der Waals surface area contributed by atoms with E-state index in [1.54, 1.807) is 6.08 Å². The van der Waals surface area contributed by atoms with E-state index in [9.17, 15) is 4.79 Å². The molecule has 0 atom stereocenters. The quantitative estimate of drug-likeness (QED) is 0.684. The fraction of sp³-hybridized carbons (Fsp3) is 0.348. The van der Waals surface area contributed by atoms with Crippen LogP contribution in [0.3, 0.4) is 0 Å². The average Bonchev–Trinajstić information content (AvgIpc) is 2.75. The minimum atomic E-state index is -0.226. The molecule has 154 valence electrons. The number of nitrogens with one attached hydrogen (secondary N) is 1. The largest absolute Gasteiger partial charge is 0.492 e. The topological polar surface area (TPSA) is 60.0 Å². The van der Waals surface area contributed by atoms with Crippen LogP contribution in [0.2, 0.25) is 0 Å². The van der Waals surface area contributed by atoms with Crippen molar-refractivity contribution >= 4 is 23.4 Å². The molecular weight excluding hydrogens is 368 g/mol. The maximum absolute atomic E-state index is 12.5. The number of anilines is 2. The highest BCUT2D eigenvalue weighted by Crippen LogP contribution is 2.39. The van der Waals surface area contributed by atoms with Crippen LogP contribution in [0.4, 0.5) is 11.4 Å². The molecule has 0 bridgehead atoms. The predicted octanol–water partition coefficient (Wildman–Crippen LogP) is 3.97. The molecule has 3 rings (SSSR count). The van der Waals surface area contributed by atoms with Gasteiger partial charge >= 0.3 is 0 Å². The summed E-state index contributed by atoms with van der Waals surface area (Å²) >= 11 is 0. The molecule has 1 aliphatic rings. The third-order valence-corrected chi connectivity index (χ3v) is 4.50. The summed E-state index contributed by atoms with van der Waals surface area (Å²) in [5.41, 5.74) is 2.51. The number of morpholine rings is 1. The van der Waals surface area contributed by atoms with Crippen molar-refractivity contribution in [1.29, 1.82) is 0 Å². The Balaban J connectivity index is 1.84. The standard InChI is InChI=1S/C23H28N2O4/c1-3-28-21-17-20(25-12-14-27-15-13-25)22(29-4-2)16-19(21)24-23(26)11-10-18-8-6-5-7-9-18/h5-11,16-17H,3-4,12-15H2,1-2H3,(H,24,26)/b11-10+. The summed E-state index contributed by atoms with van der Waals surface area (Å²) in [5, 5.41) is 2.92. The summed E-state index contributed by atoms with van der Waals surface area (Å²) in [6, 6.07) is 13.5. The first-order valence-corrected chi connectivity index (χ1v) is 10.0. The van der Waals surface area contributed by atoms with Gasteiger partial charge < -0.3 is 24.4 Å². The average molecular weight is 396 g/mol. The lowest BCUT2D eigenvalue weighted by atomic mass is 10.2. The Morgan fingerprint density at radius 2 is 1.76 bits per heavy atom. The Kier molecular flexibility index (Phi) is 7.53. The second-order valence-electron chi connectivity index (χ2n) is 6.51. The van der Waals surface area contributed by atoms with E-state index >= 15 is 0 Å². The first kappa shape index (κ1) is 20.7. The monoisotopic (exact) mass is 396 g/mol. The molecule has 0 unspecified atom stereocenters. The molecule has 29 heavy (non-hydrogen) atoms. The van der Waals surface area contributed by atoms with E-state index < -0.39 is 0 Å². The van der Waals surface area contributed by atoms with E-state index in [1.807, 2.05) is 56.3 Å². The van der Waals surface area contributed by atoms with Gasteiger partial charge in [-0.3, -0.25) is 4.79 Å². The molecule has 0 aromatic heterocycles. The molecule has 0 saturated carbocycles. The molecule has 1 aliphatic heterocycles. The Labute approximate surface area is 172 Å². The number of ether oxygens (including phenoxy) is 3. The molecule has 1 N–H and O–H groups in total. The molecule has 6 heteroatoms. The second kappa shape index (κ2) is 10.5. The number of nitrogens with zero attached hydrogens (tertiary/aromatic N) is 1. The zero-order valence-electron chi connectivity index (χ0n) is 17.0. The number of rotatable bonds is 8. The van der Waals surface area contributed by atoms with Crippen molar-refractivity contribution < 1.29 is 19.0 Å². The highest BCUT2D eigenvalue weighted by atomic mass is 16.5. The van der Waals surface area contributed by atoms with Crippen molar-refractivity contribution in [3.63, 3.8) is 0 Å². The van der Waals surface area contributed by atoms with Crippen LogP contribution in [0.5, 0.6) is 11.5 Å². The van der Waals surface area contributed by atoms with E-state index in [0.29, 0.717) is 37.9 Å². The molecule has 1 saturated heterocycles. The van der Waals surface area contributed by atoms with Crippen molar-refractivity contribution in [3.05, 3.63) is 54.1 Å². The van der Waals surface area contributed by atoms with E-state index in [0.717, 1.165) is 30.1 Å². The van der Waals surface area contributed by atoms with Crippen molar-refractivity contribution in [2.75, 3.05) is 49.7 Å². The minimum Gasteiger partial charge on any atom is -0.492 e. The van der Waals surface area contributed by atoms with Gasteiger partial charge in [0.05, 0.1) is 37.8 Å². The van der Waals surface area contributed by atoms with Crippen LogP contribution in [0, 0.1) is 0 Å². The van der Waals surface area contributed by atoms with E-state index in [-0.39, 0.29) is 5.91 Å². The van der Waals surface area contributed by atoms with Crippen LogP contribution < -0.4 is 19.7 Å². The maximum atomic E-state index is 12.5. The number of carbonyl (C=O) groups excluding carboxylic acids is 1. The highest BCUT2D eigenvalue weighted by molar-refractivity contribution is 6.03. The Morgan fingerprint density at radius 3 is 2.45 bits per heavy atom. The summed E-state index contributed by atoms with van der Waals surface area (Å²) in [6.07, 6.45) is 3.29. The molecule has 6 nitrogen and oxygen atoms in total. The van der Waals surface area contributed by atoms with Gasteiger partial charge in [-0.1, -0.05) is 30.3 Å². The molecule has 0 spiro atoms. The zero-order valence-corrected chi connectivity index (χ0v) is 17.0. The lowest BCUT2D eigenvalue weighted by Gasteiger charge is -2.31. The Bertz CT molecular complexity index is 830. The molecule has 1 amide bonds. The highest BCUT2D eigenvalue weighted by Gasteiger charge is 2.20. The van der Waals surface area contributed by atoms with Gasteiger partial charge in [-0.25, -0.2) is 0 Å². The first-order chi connectivity index (χ1) is 14.2. The number of hydrogen-bond donors (Lipinski definition) is 1. The van der Waals surface area contributed by atoms with Crippen molar-refractivity contribution in [2.45, 2.75) is 13.8 Å². The third-order valence-electron chi connectivity index (χ3n) is 4.50. The molecule has 2 aromatic rings. The predicted molar refractivity (Wildman–Crippen MR) is 116 cm³/mol. The fourth-order valence-electron chi connectivity index (χ4n) is 3.15. The van der Waals surface area contributed by atoms with Crippen LogP contribution in [-0.2, 0) is 9.53 Å². The van der Waals surface area contributed by atoms with Crippen LogP contribution in [-0.4, -0.2) is 45.4 Å². The van der Waals surface area contributed by atoms with E-state index in [1.165, 1.54) is 6.08 Å². The van der Waals surface area contributed by atoms with Gasteiger partial charge in [0.2, 0.25) is 5.91 Å². The SMILES string of the molecule is CCOc1cc(N2CCOCC2)c(OCC)cc1NC(=O)/C=C/c1ccccc1. The van der Waals surface area contributed by atoms with Crippen LogP contribution in [0.15, 0.2) is 48.5 Å². The van der Waals surface area contributed by atoms with Gasteiger partial charge in [-0.15, -0.1) is 0 Å². The Hall–Kier alpha value is -2.99. The molecular formula is C23H28N2O4. The van der Waals surface area contributed by atoms with Gasteiger partial charge in [-0.05, 0) is 25.5 Å². The number of carbonyl (C=O) groups is 1. The van der Waals surface area contributed by atoms with E-state index in [4.69, 9.17) is 14.2 Å². The van der Waals surface area contributed by atoms with Crippen molar-refractivity contribution in [2.24, 2.45) is 0 Å². The zero-order chi connectivity index (χ0) is 20.5. The summed E-state index contributed by atoms with van der Waals surface area (Å²) in [6.45, 7) is 7.84. The van der Waals surface area contributed by atoms with Crippen LogP contribution in [0.1, 0.15) is 19.4 Å². The molecule has 1 fully saturated rings. The van der Waals surface area contributed by atoms with Crippen molar-refractivity contribution in [1.82, 2.24) is 0 Å². The number of hydrogen-bond acceptors (Lipinski definition) is 5. The van der Waals surface area contributed by atoms with Gasteiger partial charge in [-0.2, -0.15) is 0 Å². The van der Waals surface area contributed by atoms with E-state index in [2.05, 4.69) is 10.2 Å². The normalized spacial score (nSPS) is 14.1. The summed E-state index contributed by atoms with van der Waals surface area (Å²) < 4.78 is 17.1. The smallest absolute Gasteiger partial charge is 0.248 e.